The summed E-state index contributed by atoms with van der Waals surface area (Å²) in [5.41, 5.74) is 1.28. The average molecular weight is 241 g/mol. The molecule has 0 unspecified atom stereocenters. The smallest absolute Gasteiger partial charge is 0.0722 e. The number of ether oxygens (including phenoxy) is 1. The van der Waals surface area contributed by atoms with Gasteiger partial charge in [-0.2, -0.15) is 0 Å². The predicted molar refractivity (Wildman–Crippen MR) is 77.4 cm³/mol. The Hall–Kier alpha value is -1.34. The summed E-state index contributed by atoms with van der Waals surface area (Å²) in [5.74, 6) is 0. The molecule has 2 aromatic carbocycles. The highest BCUT2D eigenvalue weighted by atomic mass is 16.5. The highest BCUT2D eigenvalue weighted by Gasteiger charge is 1.99. The molecule has 1 heteroatoms. The Balaban J connectivity index is 1.88. The fourth-order valence-corrected chi connectivity index (χ4v) is 2.16. The maximum absolute atomic E-state index is 5.75. The molecule has 0 atom stereocenters. The molecule has 0 saturated heterocycles. The van der Waals surface area contributed by atoms with E-state index in [2.05, 4.69) is 49.4 Å². The Morgan fingerprint density at radius 2 is 1.72 bits per heavy atom. The standard InChI is InChI=1S/C17H21O/c1-2-3-4-7-13-18-14-16-11-8-10-15-9-5-6-12-17(15)16/h5-6,8-12H,1-4,7,13-14H2. The molecule has 18 heavy (non-hydrogen) atoms. The summed E-state index contributed by atoms with van der Waals surface area (Å²) in [4.78, 5) is 0. The summed E-state index contributed by atoms with van der Waals surface area (Å²) in [7, 11) is 0. The van der Waals surface area contributed by atoms with Gasteiger partial charge in [0.05, 0.1) is 6.61 Å². The van der Waals surface area contributed by atoms with Crippen molar-refractivity contribution in [3.63, 3.8) is 0 Å². The van der Waals surface area contributed by atoms with Crippen molar-refractivity contribution >= 4 is 10.8 Å². The molecule has 0 aliphatic carbocycles. The van der Waals surface area contributed by atoms with Crippen LogP contribution in [0.15, 0.2) is 42.5 Å². The Bertz CT molecular complexity index is 470. The molecule has 2 aromatic rings. The van der Waals surface area contributed by atoms with Gasteiger partial charge in [-0.15, -0.1) is 0 Å². The van der Waals surface area contributed by atoms with Crippen LogP contribution in [0.1, 0.15) is 31.2 Å². The van der Waals surface area contributed by atoms with Gasteiger partial charge in [0.25, 0.3) is 0 Å². The molecule has 0 aromatic heterocycles. The fourth-order valence-electron chi connectivity index (χ4n) is 2.16. The first-order valence-electron chi connectivity index (χ1n) is 6.75. The molecule has 0 aliphatic heterocycles. The lowest BCUT2D eigenvalue weighted by Gasteiger charge is -2.07. The first-order chi connectivity index (χ1) is 8.92. The van der Waals surface area contributed by atoms with Crippen molar-refractivity contribution in [1.29, 1.82) is 0 Å². The van der Waals surface area contributed by atoms with Gasteiger partial charge < -0.3 is 4.74 Å². The first kappa shape index (κ1) is 13.1. The highest BCUT2D eigenvalue weighted by Crippen LogP contribution is 2.19. The van der Waals surface area contributed by atoms with Crippen molar-refractivity contribution in [2.45, 2.75) is 32.3 Å². The van der Waals surface area contributed by atoms with E-state index in [1.807, 2.05) is 0 Å². The van der Waals surface area contributed by atoms with Gasteiger partial charge in [0.1, 0.15) is 0 Å². The Kier molecular flexibility index (Phi) is 5.22. The van der Waals surface area contributed by atoms with Crippen molar-refractivity contribution in [2.75, 3.05) is 6.61 Å². The van der Waals surface area contributed by atoms with Gasteiger partial charge >= 0.3 is 0 Å². The van der Waals surface area contributed by atoms with Crippen molar-refractivity contribution in [1.82, 2.24) is 0 Å². The van der Waals surface area contributed by atoms with E-state index in [0.29, 0.717) is 6.61 Å². The molecule has 1 nitrogen and oxygen atoms in total. The number of benzene rings is 2. The van der Waals surface area contributed by atoms with E-state index >= 15 is 0 Å². The summed E-state index contributed by atoms with van der Waals surface area (Å²) >= 11 is 0. The molecule has 2 rings (SSSR count). The second kappa shape index (κ2) is 7.17. The number of hydrogen-bond acceptors (Lipinski definition) is 1. The van der Waals surface area contributed by atoms with Crippen LogP contribution in [0.5, 0.6) is 0 Å². The van der Waals surface area contributed by atoms with E-state index in [9.17, 15) is 0 Å². The summed E-state index contributed by atoms with van der Waals surface area (Å²) in [6, 6.07) is 14.9. The molecule has 0 heterocycles. The van der Waals surface area contributed by atoms with Crippen LogP contribution >= 0.6 is 0 Å². The third kappa shape index (κ3) is 3.58. The van der Waals surface area contributed by atoms with E-state index in [4.69, 9.17) is 4.74 Å². The minimum absolute atomic E-state index is 0.714. The molecule has 0 fully saturated rings. The van der Waals surface area contributed by atoms with Crippen LogP contribution in [0, 0.1) is 6.92 Å². The van der Waals surface area contributed by atoms with E-state index in [1.54, 1.807) is 0 Å². The van der Waals surface area contributed by atoms with Crippen LogP contribution in [-0.2, 0) is 11.3 Å². The fraction of sp³-hybridized carbons (Fsp3) is 0.353. The topological polar surface area (TPSA) is 9.23 Å². The van der Waals surface area contributed by atoms with Gasteiger partial charge in [0, 0.05) is 6.61 Å². The number of rotatable bonds is 7. The Morgan fingerprint density at radius 3 is 2.61 bits per heavy atom. The zero-order chi connectivity index (χ0) is 12.6. The van der Waals surface area contributed by atoms with Crippen LogP contribution in [0.2, 0.25) is 0 Å². The first-order valence-corrected chi connectivity index (χ1v) is 6.75. The van der Waals surface area contributed by atoms with Crippen LogP contribution in [0.4, 0.5) is 0 Å². The van der Waals surface area contributed by atoms with Gasteiger partial charge in [-0.05, 0) is 22.8 Å². The summed E-state index contributed by atoms with van der Waals surface area (Å²) in [6.45, 7) is 5.41. The lowest BCUT2D eigenvalue weighted by molar-refractivity contribution is 0.117. The molecular weight excluding hydrogens is 220 g/mol. The molecule has 0 aliphatic rings. The lowest BCUT2D eigenvalue weighted by atomic mass is 10.1. The summed E-state index contributed by atoms with van der Waals surface area (Å²) in [6.07, 6.45) is 4.60. The lowest BCUT2D eigenvalue weighted by Crippen LogP contribution is -1.96. The van der Waals surface area contributed by atoms with Gasteiger partial charge in [0.2, 0.25) is 0 Å². The van der Waals surface area contributed by atoms with Gasteiger partial charge in [-0.3, -0.25) is 0 Å². The zero-order valence-electron chi connectivity index (χ0n) is 10.9. The molecule has 0 saturated carbocycles. The van der Waals surface area contributed by atoms with Crippen LogP contribution < -0.4 is 0 Å². The molecular formula is C17H21O. The van der Waals surface area contributed by atoms with Gasteiger partial charge in [-0.25, -0.2) is 0 Å². The monoisotopic (exact) mass is 241 g/mol. The molecule has 0 N–H and O–H groups in total. The number of fused-ring (bicyclic) bond motifs is 1. The van der Waals surface area contributed by atoms with Gasteiger partial charge in [-0.1, -0.05) is 68.7 Å². The third-order valence-corrected chi connectivity index (χ3v) is 3.18. The van der Waals surface area contributed by atoms with Crippen LogP contribution in [0.25, 0.3) is 10.8 Å². The molecule has 0 amide bonds. The summed E-state index contributed by atoms with van der Waals surface area (Å²) in [5, 5.41) is 2.59. The number of hydrogen-bond donors (Lipinski definition) is 0. The largest absolute Gasteiger partial charge is 0.377 e. The normalized spacial score (nSPS) is 10.9. The quantitative estimate of drug-likeness (QED) is 0.635. The van der Waals surface area contributed by atoms with E-state index in [-0.39, 0.29) is 0 Å². The summed E-state index contributed by atoms with van der Waals surface area (Å²) < 4.78 is 5.75. The number of unbranched alkanes of at least 4 members (excludes halogenated alkanes) is 3. The van der Waals surface area contributed by atoms with Crippen LogP contribution in [0.3, 0.4) is 0 Å². The van der Waals surface area contributed by atoms with Crippen LogP contribution in [-0.4, -0.2) is 6.61 Å². The highest BCUT2D eigenvalue weighted by molar-refractivity contribution is 5.85. The molecule has 95 valence electrons. The Morgan fingerprint density at radius 1 is 0.889 bits per heavy atom. The van der Waals surface area contributed by atoms with E-state index in [0.717, 1.165) is 19.4 Å². The minimum Gasteiger partial charge on any atom is -0.377 e. The SMILES string of the molecule is [CH2]CCCCCOCc1cccc2ccccc12. The third-order valence-electron chi connectivity index (χ3n) is 3.18. The van der Waals surface area contributed by atoms with E-state index in [1.165, 1.54) is 29.2 Å². The van der Waals surface area contributed by atoms with Crippen molar-refractivity contribution < 1.29 is 4.74 Å². The maximum Gasteiger partial charge on any atom is 0.0722 e. The minimum atomic E-state index is 0.714. The van der Waals surface area contributed by atoms with Crippen molar-refractivity contribution in [3.05, 3.63) is 55.0 Å². The van der Waals surface area contributed by atoms with Crippen molar-refractivity contribution in [2.24, 2.45) is 0 Å². The second-order valence-corrected chi connectivity index (χ2v) is 4.61. The molecule has 1 radical (unpaired) electrons. The Labute approximate surface area is 110 Å². The maximum atomic E-state index is 5.75. The predicted octanol–water partition coefficient (Wildman–Crippen LogP) is 4.75. The average Bonchev–Trinajstić information content (AvgIpc) is 2.43. The second-order valence-electron chi connectivity index (χ2n) is 4.61. The molecule has 0 bridgehead atoms. The van der Waals surface area contributed by atoms with E-state index < -0.39 is 0 Å². The molecule has 0 spiro atoms. The van der Waals surface area contributed by atoms with Gasteiger partial charge in [0.15, 0.2) is 0 Å². The zero-order valence-corrected chi connectivity index (χ0v) is 10.9. The van der Waals surface area contributed by atoms with Crippen molar-refractivity contribution in [3.8, 4) is 0 Å².